The van der Waals surface area contributed by atoms with Crippen LogP contribution in [0.5, 0.6) is 0 Å². The summed E-state index contributed by atoms with van der Waals surface area (Å²) in [4.78, 5) is 11.8. The van der Waals surface area contributed by atoms with Gasteiger partial charge in [-0.15, -0.1) is 0 Å². The number of nitriles is 1. The first-order valence-corrected chi connectivity index (χ1v) is 6.81. The lowest BCUT2D eigenvalue weighted by Gasteiger charge is -2.09. The molecule has 1 aliphatic rings. The molecule has 17 heavy (non-hydrogen) atoms. The Morgan fingerprint density at radius 3 is 3.18 bits per heavy atom. The summed E-state index contributed by atoms with van der Waals surface area (Å²) >= 11 is 1.94. The Hall–Kier alpha value is -1.47. The molecule has 1 N–H and O–H groups in total. The van der Waals surface area contributed by atoms with Crippen LogP contribution < -0.4 is 5.32 Å². The first-order chi connectivity index (χ1) is 8.29. The standard InChI is InChI=1S/C13H14N2OS/c14-7-10-2-1-3-12(6-10)13(16)15-8-11-4-5-17-9-11/h1-3,6,11H,4-5,8-9H2,(H,15,16). The van der Waals surface area contributed by atoms with Crippen molar-refractivity contribution in [2.45, 2.75) is 6.42 Å². The normalized spacial score (nSPS) is 18.6. The molecule has 0 spiro atoms. The summed E-state index contributed by atoms with van der Waals surface area (Å²) in [6, 6.07) is 8.83. The Labute approximate surface area is 105 Å². The monoisotopic (exact) mass is 246 g/mol. The van der Waals surface area contributed by atoms with E-state index in [4.69, 9.17) is 5.26 Å². The molecule has 1 saturated heterocycles. The van der Waals surface area contributed by atoms with Crippen LogP contribution >= 0.6 is 11.8 Å². The first kappa shape index (κ1) is 12.0. The van der Waals surface area contributed by atoms with Crippen molar-refractivity contribution >= 4 is 17.7 Å². The molecule has 88 valence electrons. The number of thioether (sulfide) groups is 1. The average Bonchev–Trinajstić information content (AvgIpc) is 2.89. The highest BCUT2D eigenvalue weighted by molar-refractivity contribution is 7.99. The van der Waals surface area contributed by atoms with Gasteiger partial charge in [0.25, 0.3) is 5.91 Å². The van der Waals surface area contributed by atoms with Crippen molar-refractivity contribution in [3.63, 3.8) is 0 Å². The molecule has 1 amide bonds. The van der Waals surface area contributed by atoms with E-state index >= 15 is 0 Å². The van der Waals surface area contributed by atoms with Gasteiger partial charge in [0, 0.05) is 12.1 Å². The van der Waals surface area contributed by atoms with Crippen molar-refractivity contribution in [3.8, 4) is 6.07 Å². The Kier molecular flexibility index (Phi) is 4.05. The maximum Gasteiger partial charge on any atom is 0.251 e. The molecule has 0 radical (unpaired) electrons. The van der Waals surface area contributed by atoms with Crippen molar-refractivity contribution in [1.82, 2.24) is 5.32 Å². The molecule has 0 bridgehead atoms. The van der Waals surface area contributed by atoms with Gasteiger partial charge < -0.3 is 5.32 Å². The van der Waals surface area contributed by atoms with Crippen LogP contribution in [0.2, 0.25) is 0 Å². The molecule has 1 aromatic rings. The van der Waals surface area contributed by atoms with Crippen LogP contribution in [0.15, 0.2) is 24.3 Å². The summed E-state index contributed by atoms with van der Waals surface area (Å²) in [5.41, 5.74) is 1.09. The fourth-order valence-electron chi connectivity index (χ4n) is 1.81. The molecule has 2 rings (SSSR count). The minimum atomic E-state index is -0.0843. The van der Waals surface area contributed by atoms with Gasteiger partial charge in [-0.1, -0.05) is 6.07 Å². The highest BCUT2D eigenvalue weighted by Crippen LogP contribution is 2.22. The highest BCUT2D eigenvalue weighted by Gasteiger charge is 2.16. The van der Waals surface area contributed by atoms with Crippen molar-refractivity contribution in [1.29, 1.82) is 5.26 Å². The number of rotatable bonds is 3. The first-order valence-electron chi connectivity index (χ1n) is 5.65. The van der Waals surface area contributed by atoms with Crippen molar-refractivity contribution in [2.24, 2.45) is 5.92 Å². The molecule has 0 aliphatic carbocycles. The van der Waals surface area contributed by atoms with Gasteiger partial charge in [-0.2, -0.15) is 17.0 Å². The maximum absolute atomic E-state index is 11.8. The zero-order valence-corrected chi connectivity index (χ0v) is 10.3. The van der Waals surface area contributed by atoms with E-state index in [2.05, 4.69) is 5.32 Å². The van der Waals surface area contributed by atoms with Gasteiger partial charge in [0.05, 0.1) is 11.6 Å². The van der Waals surface area contributed by atoms with Gasteiger partial charge in [0.15, 0.2) is 0 Å². The zero-order chi connectivity index (χ0) is 12.1. The molecule has 3 nitrogen and oxygen atoms in total. The van der Waals surface area contributed by atoms with Gasteiger partial charge in [0.2, 0.25) is 0 Å². The number of carbonyl (C=O) groups is 1. The van der Waals surface area contributed by atoms with Crippen LogP contribution in [-0.2, 0) is 0 Å². The molecule has 1 unspecified atom stereocenters. The SMILES string of the molecule is N#Cc1cccc(C(=O)NCC2CCSC2)c1. The predicted molar refractivity (Wildman–Crippen MR) is 68.9 cm³/mol. The second kappa shape index (κ2) is 5.74. The van der Waals surface area contributed by atoms with E-state index in [0.29, 0.717) is 17.0 Å². The molecule has 1 heterocycles. The lowest BCUT2D eigenvalue weighted by molar-refractivity contribution is 0.0948. The summed E-state index contributed by atoms with van der Waals surface area (Å²) < 4.78 is 0. The Balaban J connectivity index is 1.92. The minimum absolute atomic E-state index is 0.0843. The van der Waals surface area contributed by atoms with E-state index < -0.39 is 0 Å². The van der Waals surface area contributed by atoms with Gasteiger partial charge in [-0.25, -0.2) is 0 Å². The Morgan fingerprint density at radius 2 is 2.47 bits per heavy atom. The van der Waals surface area contributed by atoms with E-state index in [0.717, 1.165) is 12.3 Å². The van der Waals surface area contributed by atoms with Crippen molar-refractivity contribution in [2.75, 3.05) is 18.1 Å². The van der Waals surface area contributed by atoms with Gasteiger partial charge in [-0.3, -0.25) is 4.79 Å². The second-order valence-corrected chi connectivity index (χ2v) is 5.28. The molecule has 0 aromatic heterocycles. The van der Waals surface area contributed by atoms with Crippen LogP contribution in [0.4, 0.5) is 0 Å². The smallest absolute Gasteiger partial charge is 0.251 e. The summed E-state index contributed by atoms with van der Waals surface area (Å²) in [5.74, 6) is 2.85. The van der Waals surface area contributed by atoms with Crippen LogP contribution in [0, 0.1) is 17.2 Å². The van der Waals surface area contributed by atoms with E-state index in [1.165, 1.54) is 12.2 Å². The molecular weight excluding hydrogens is 232 g/mol. The Morgan fingerprint density at radius 1 is 1.59 bits per heavy atom. The van der Waals surface area contributed by atoms with E-state index in [1.54, 1.807) is 24.3 Å². The lowest BCUT2D eigenvalue weighted by atomic mass is 10.1. The predicted octanol–water partition coefficient (Wildman–Crippen LogP) is 2.04. The van der Waals surface area contributed by atoms with Crippen molar-refractivity contribution < 1.29 is 4.79 Å². The van der Waals surface area contributed by atoms with Gasteiger partial charge in [-0.05, 0) is 42.0 Å². The fraction of sp³-hybridized carbons (Fsp3) is 0.385. The summed E-state index contributed by atoms with van der Waals surface area (Å²) in [6.45, 7) is 0.739. The third-order valence-corrected chi connectivity index (χ3v) is 4.06. The van der Waals surface area contributed by atoms with E-state index in [9.17, 15) is 4.79 Å². The van der Waals surface area contributed by atoms with Crippen molar-refractivity contribution in [3.05, 3.63) is 35.4 Å². The minimum Gasteiger partial charge on any atom is -0.352 e. The third-order valence-electron chi connectivity index (χ3n) is 2.83. The summed E-state index contributed by atoms with van der Waals surface area (Å²) in [6.07, 6.45) is 1.18. The van der Waals surface area contributed by atoms with E-state index in [1.807, 2.05) is 17.8 Å². The number of carbonyl (C=O) groups excluding carboxylic acids is 1. The topological polar surface area (TPSA) is 52.9 Å². The third kappa shape index (κ3) is 3.24. The highest BCUT2D eigenvalue weighted by atomic mass is 32.2. The molecular formula is C13H14N2OS. The maximum atomic E-state index is 11.8. The van der Waals surface area contributed by atoms with Crippen LogP contribution in [-0.4, -0.2) is 24.0 Å². The van der Waals surface area contributed by atoms with Gasteiger partial charge >= 0.3 is 0 Å². The lowest BCUT2D eigenvalue weighted by Crippen LogP contribution is -2.29. The Bertz CT molecular complexity index is 447. The fourth-order valence-corrected chi connectivity index (χ4v) is 3.10. The van der Waals surface area contributed by atoms with Crippen LogP contribution in [0.3, 0.4) is 0 Å². The average molecular weight is 246 g/mol. The number of benzene rings is 1. The molecule has 1 atom stereocenters. The molecule has 1 fully saturated rings. The molecule has 1 aromatic carbocycles. The number of nitrogens with one attached hydrogen (secondary N) is 1. The number of hydrogen-bond donors (Lipinski definition) is 1. The zero-order valence-electron chi connectivity index (χ0n) is 9.48. The molecule has 4 heteroatoms. The number of nitrogens with zero attached hydrogens (tertiary/aromatic N) is 1. The van der Waals surface area contributed by atoms with Crippen LogP contribution in [0.1, 0.15) is 22.3 Å². The second-order valence-electron chi connectivity index (χ2n) is 4.13. The quantitative estimate of drug-likeness (QED) is 0.888. The summed E-state index contributed by atoms with van der Waals surface area (Å²) in [5, 5.41) is 11.7. The summed E-state index contributed by atoms with van der Waals surface area (Å²) in [7, 11) is 0. The van der Waals surface area contributed by atoms with Gasteiger partial charge in [0.1, 0.15) is 0 Å². The van der Waals surface area contributed by atoms with E-state index in [-0.39, 0.29) is 5.91 Å². The number of amides is 1. The number of hydrogen-bond acceptors (Lipinski definition) is 3. The molecule has 0 saturated carbocycles. The molecule has 1 aliphatic heterocycles. The largest absolute Gasteiger partial charge is 0.352 e. The van der Waals surface area contributed by atoms with Crippen LogP contribution in [0.25, 0.3) is 0 Å².